The second-order valence-corrected chi connectivity index (χ2v) is 9.75. The van der Waals surface area contributed by atoms with E-state index in [1.807, 2.05) is 32.0 Å². The number of amides is 1. The number of anilines is 1. The van der Waals surface area contributed by atoms with Gasteiger partial charge in [0.2, 0.25) is 11.7 Å². The third-order valence-electron chi connectivity index (χ3n) is 6.28. The number of imidazole rings is 1. The van der Waals surface area contributed by atoms with E-state index in [2.05, 4.69) is 15.5 Å². The van der Waals surface area contributed by atoms with Crippen LogP contribution in [-0.2, 0) is 25.4 Å². The van der Waals surface area contributed by atoms with E-state index < -0.39 is 11.2 Å². The fourth-order valence-corrected chi connectivity index (χ4v) is 5.09. The molecule has 0 fully saturated rings. The number of nitrogens with zero attached hydrogens (tertiary/aromatic N) is 6. The van der Waals surface area contributed by atoms with Gasteiger partial charge in [0.25, 0.3) is 5.56 Å². The summed E-state index contributed by atoms with van der Waals surface area (Å²) in [7, 11) is 2.97. The zero-order valence-electron chi connectivity index (χ0n) is 20.6. The summed E-state index contributed by atoms with van der Waals surface area (Å²) in [5, 5.41) is 11.8. The van der Waals surface area contributed by atoms with Gasteiger partial charge < -0.3 is 5.32 Å². The van der Waals surface area contributed by atoms with Crippen molar-refractivity contribution in [3.05, 3.63) is 85.8 Å². The molecule has 0 spiro atoms. The topological polar surface area (TPSA) is 108 Å². The van der Waals surface area contributed by atoms with Crippen LogP contribution in [0.15, 0.2) is 57.2 Å². The maximum absolute atomic E-state index is 13.5. The summed E-state index contributed by atoms with van der Waals surface area (Å²) >= 11 is 1.15. The molecule has 10 nitrogen and oxygen atoms in total. The Bertz CT molecular complexity index is 1780. The summed E-state index contributed by atoms with van der Waals surface area (Å²) in [6.45, 7) is 4.06. The highest BCUT2D eigenvalue weighted by Gasteiger charge is 2.24. The summed E-state index contributed by atoms with van der Waals surface area (Å²) in [6.07, 6.45) is 0. The SMILES string of the molecule is Cc1cccc(C)c1NC(=O)CSc1nnc2n(Cc3ccc(F)cc3)c3c(=O)n(C)c(=O)n(C)c3n12. The number of nitrogens with one attached hydrogen (secondary N) is 1. The number of para-hydroxylation sites is 1. The number of fused-ring (bicyclic) bond motifs is 3. The smallest absolute Gasteiger partial charge is 0.325 e. The lowest BCUT2D eigenvalue weighted by Crippen LogP contribution is -2.37. The molecule has 190 valence electrons. The highest BCUT2D eigenvalue weighted by atomic mass is 32.2. The first kappa shape index (κ1) is 24.5. The molecule has 2 aromatic carbocycles. The van der Waals surface area contributed by atoms with Gasteiger partial charge >= 0.3 is 5.69 Å². The van der Waals surface area contributed by atoms with Gasteiger partial charge in [-0.1, -0.05) is 42.1 Å². The molecule has 5 aromatic rings. The first-order valence-electron chi connectivity index (χ1n) is 11.4. The number of rotatable bonds is 6. The van der Waals surface area contributed by atoms with E-state index in [0.29, 0.717) is 16.6 Å². The summed E-state index contributed by atoms with van der Waals surface area (Å²) in [5.74, 6) is -0.225. The molecule has 0 atom stereocenters. The van der Waals surface area contributed by atoms with E-state index in [1.165, 1.54) is 23.7 Å². The Morgan fingerprint density at radius 2 is 1.68 bits per heavy atom. The molecule has 0 saturated carbocycles. The van der Waals surface area contributed by atoms with Crippen LogP contribution in [0.2, 0.25) is 0 Å². The maximum atomic E-state index is 13.5. The third-order valence-corrected chi connectivity index (χ3v) is 7.21. The summed E-state index contributed by atoms with van der Waals surface area (Å²) < 4.78 is 19.1. The van der Waals surface area contributed by atoms with Crippen LogP contribution in [-0.4, -0.2) is 40.0 Å². The van der Waals surface area contributed by atoms with Crippen molar-refractivity contribution in [2.24, 2.45) is 14.1 Å². The van der Waals surface area contributed by atoms with Crippen LogP contribution < -0.4 is 16.6 Å². The van der Waals surface area contributed by atoms with Crippen molar-refractivity contribution in [3.8, 4) is 0 Å². The number of carbonyl (C=O) groups is 1. The molecule has 1 amide bonds. The van der Waals surface area contributed by atoms with Gasteiger partial charge in [0.05, 0.1) is 12.3 Å². The van der Waals surface area contributed by atoms with E-state index in [4.69, 9.17) is 0 Å². The minimum atomic E-state index is -0.504. The minimum absolute atomic E-state index is 0.0397. The molecular formula is C25H24FN7O3S. The van der Waals surface area contributed by atoms with Gasteiger partial charge in [0.15, 0.2) is 16.3 Å². The molecule has 1 N–H and O–H groups in total. The summed E-state index contributed by atoms with van der Waals surface area (Å²) in [5.41, 5.74) is 2.98. The van der Waals surface area contributed by atoms with Crippen molar-refractivity contribution in [3.63, 3.8) is 0 Å². The molecule has 37 heavy (non-hydrogen) atoms. The average Bonchev–Trinajstić information content (AvgIpc) is 3.42. The van der Waals surface area contributed by atoms with Crippen LogP contribution in [0.4, 0.5) is 10.1 Å². The van der Waals surface area contributed by atoms with E-state index >= 15 is 0 Å². The quantitative estimate of drug-likeness (QED) is 0.344. The Kier molecular flexibility index (Phi) is 6.20. The van der Waals surface area contributed by atoms with Crippen LogP contribution in [0, 0.1) is 19.7 Å². The first-order valence-corrected chi connectivity index (χ1v) is 12.4. The zero-order valence-corrected chi connectivity index (χ0v) is 21.5. The lowest BCUT2D eigenvalue weighted by molar-refractivity contribution is -0.113. The third kappa shape index (κ3) is 4.22. The van der Waals surface area contributed by atoms with Gasteiger partial charge in [0, 0.05) is 19.8 Å². The maximum Gasteiger partial charge on any atom is 0.332 e. The Morgan fingerprint density at radius 1 is 1.00 bits per heavy atom. The number of hydrogen-bond acceptors (Lipinski definition) is 6. The molecule has 0 radical (unpaired) electrons. The Morgan fingerprint density at radius 3 is 2.35 bits per heavy atom. The van der Waals surface area contributed by atoms with Crippen LogP contribution in [0.25, 0.3) is 16.9 Å². The molecule has 0 aliphatic carbocycles. The van der Waals surface area contributed by atoms with E-state index in [9.17, 15) is 18.8 Å². The molecule has 3 heterocycles. The van der Waals surface area contributed by atoms with Gasteiger partial charge in [-0.25, -0.2) is 13.6 Å². The standard InChI is InChI=1S/C25H24FN7O3S/c1-14-6-5-7-15(2)19(14)27-18(34)13-37-24-29-28-23-32(12-16-8-10-17(26)11-9-16)20-21(33(23)24)30(3)25(36)31(4)22(20)35/h5-11H,12-13H2,1-4H3,(H,27,34). The van der Waals surface area contributed by atoms with Crippen molar-refractivity contribution in [2.75, 3.05) is 11.1 Å². The first-order chi connectivity index (χ1) is 17.7. The van der Waals surface area contributed by atoms with Crippen LogP contribution in [0.5, 0.6) is 0 Å². The van der Waals surface area contributed by atoms with Crippen LogP contribution in [0.1, 0.15) is 16.7 Å². The molecular weight excluding hydrogens is 497 g/mol. The molecule has 0 aliphatic heterocycles. The van der Waals surface area contributed by atoms with Crippen LogP contribution >= 0.6 is 11.8 Å². The van der Waals surface area contributed by atoms with Crippen molar-refractivity contribution < 1.29 is 9.18 Å². The van der Waals surface area contributed by atoms with Gasteiger partial charge in [-0.3, -0.25) is 23.3 Å². The minimum Gasteiger partial charge on any atom is -0.325 e. The fourth-order valence-electron chi connectivity index (χ4n) is 4.36. The molecule has 5 rings (SSSR count). The normalized spacial score (nSPS) is 11.5. The van der Waals surface area contributed by atoms with Gasteiger partial charge in [-0.2, -0.15) is 0 Å². The number of halogens is 1. The molecule has 0 bridgehead atoms. The lowest BCUT2D eigenvalue weighted by atomic mass is 10.1. The largest absolute Gasteiger partial charge is 0.332 e. The van der Waals surface area contributed by atoms with E-state index in [0.717, 1.165) is 38.7 Å². The zero-order chi connectivity index (χ0) is 26.4. The number of aromatic nitrogens is 6. The number of benzene rings is 2. The van der Waals surface area contributed by atoms with Gasteiger partial charge in [-0.05, 0) is 42.7 Å². The van der Waals surface area contributed by atoms with Crippen molar-refractivity contribution in [2.45, 2.75) is 25.5 Å². The molecule has 0 saturated heterocycles. The number of carbonyl (C=O) groups excluding carboxylic acids is 1. The fraction of sp³-hybridized carbons (Fsp3) is 0.240. The van der Waals surface area contributed by atoms with Crippen LogP contribution in [0.3, 0.4) is 0 Å². The molecule has 12 heteroatoms. The van der Waals surface area contributed by atoms with Gasteiger partial charge in [-0.15, -0.1) is 10.2 Å². The van der Waals surface area contributed by atoms with Gasteiger partial charge in [0.1, 0.15) is 5.82 Å². The number of thioether (sulfide) groups is 1. The highest BCUT2D eigenvalue weighted by molar-refractivity contribution is 7.99. The molecule has 0 aliphatic rings. The predicted molar refractivity (Wildman–Crippen MR) is 140 cm³/mol. The Hall–Kier alpha value is -4.19. The Balaban J connectivity index is 1.57. The molecule has 3 aromatic heterocycles. The summed E-state index contributed by atoms with van der Waals surface area (Å²) in [4.78, 5) is 38.8. The second-order valence-electron chi connectivity index (χ2n) is 8.81. The Labute approximate surface area is 214 Å². The van der Waals surface area contributed by atoms with E-state index in [1.54, 1.807) is 28.1 Å². The molecule has 0 unspecified atom stereocenters. The van der Waals surface area contributed by atoms with E-state index in [-0.39, 0.29) is 29.5 Å². The van der Waals surface area contributed by atoms with Crippen molar-refractivity contribution in [1.29, 1.82) is 0 Å². The lowest BCUT2D eigenvalue weighted by Gasteiger charge is -2.11. The van der Waals surface area contributed by atoms with Crippen molar-refractivity contribution >= 4 is 40.3 Å². The average molecular weight is 522 g/mol. The second kappa shape index (κ2) is 9.36. The number of aryl methyl sites for hydroxylation is 3. The predicted octanol–water partition coefficient (Wildman–Crippen LogP) is 2.62. The highest BCUT2D eigenvalue weighted by Crippen LogP contribution is 2.25. The summed E-state index contributed by atoms with van der Waals surface area (Å²) in [6, 6.07) is 11.7. The van der Waals surface area contributed by atoms with Crippen molar-refractivity contribution in [1.82, 2.24) is 28.3 Å². The monoisotopic (exact) mass is 521 g/mol. The number of hydrogen-bond donors (Lipinski definition) is 1.